The molecule has 120 valence electrons. The van der Waals surface area contributed by atoms with Gasteiger partial charge < -0.3 is 9.73 Å². The SMILES string of the molecule is CS(=O)(=O)CCNc1ccc(-c2ccc3ncnc(I)c3c2)o1. The van der Waals surface area contributed by atoms with Crippen molar-refractivity contribution in [1.82, 2.24) is 9.97 Å². The summed E-state index contributed by atoms with van der Waals surface area (Å²) in [6.45, 7) is 0.315. The van der Waals surface area contributed by atoms with Gasteiger partial charge in [0.2, 0.25) is 0 Å². The molecule has 23 heavy (non-hydrogen) atoms. The number of nitrogens with zero attached hydrogens (tertiary/aromatic N) is 2. The van der Waals surface area contributed by atoms with Gasteiger partial charge in [-0.15, -0.1) is 0 Å². The largest absolute Gasteiger partial charge is 0.441 e. The highest BCUT2D eigenvalue weighted by molar-refractivity contribution is 14.1. The summed E-state index contributed by atoms with van der Waals surface area (Å²) in [7, 11) is -2.99. The predicted octanol–water partition coefficient (Wildman–Crippen LogP) is 2.95. The highest BCUT2D eigenvalue weighted by atomic mass is 127. The van der Waals surface area contributed by atoms with Crippen molar-refractivity contribution in [3.8, 4) is 11.3 Å². The summed E-state index contributed by atoms with van der Waals surface area (Å²) in [6, 6.07) is 9.48. The van der Waals surface area contributed by atoms with Gasteiger partial charge in [0.05, 0.1) is 11.3 Å². The van der Waals surface area contributed by atoms with Crippen LogP contribution in [-0.2, 0) is 9.84 Å². The van der Waals surface area contributed by atoms with Crippen LogP contribution in [0.25, 0.3) is 22.2 Å². The number of sulfone groups is 1. The Morgan fingerprint density at radius 3 is 2.83 bits per heavy atom. The minimum absolute atomic E-state index is 0.0640. The average molecular weight is 443 g/mol. The van der Waals surface area contributed by atoms with Crippen LogP contribution in [0.1, 0.15) is 0 Å². The molecule has 6 nitrogen and oxygen atoms in total. The standard InChI is InChI=1S/C15H14IN3O3S/c1-23(20,21)7-6-17-14-5-4-13(22-14)10-2-3-12-11(8-10)15(16)19-9-18-12/h2-5,8-9,17H,6-7H2,1H3. The Bertz CT molecular complexity index is 954. The fraction of sp³-hybridized carbons (Fsp3) is 0.200. The van der Waals surface area contributed by atoms with Gasteiger partial charge in [-0.25, -0.2) is 18.4 Å². The lowest BCUT2D eigenvalue weighted by molar-refractivity contribution is 0.592. The van der Waals surface area contributed by atoms with Crippen LogP contribution >= 0.6 is 22.6 Å². The number of hydrogen-bond donors (Lipinski definition) is 1. The van der Waals surface area contributed by atoms with Crippen LogP contribution in [0.5, 0.6) is 0 Å². The Hall–Kier alpha value is -1.68. The second-order valence-corrected chi connectivity index (χ2v) is 8.40. The third-order valence-corrected chi connectivity index (χ3v) is 5.05. The fourth-order valence-electron chi connectivity index (χ4n) is 2.13. The Morgan fingerprint density at radius 2 is 2.04 bits per heavy atom. The molecule has 0 saturated heterocycles. The average Bonchev–Trinajstić information content (AvgIpc) is 2.95. The normalized spacial score (nSPS) is 11.7. The number of aromatic nitrogens is 2. The first-order chi connectivity index (χ1) is 10.9. The molecule has 3 aromatic rings. The quantitative estimate of drug-likeness (QED) is 0.482. The topological polar surface area (TPSA) is 85.1 Å². The molecule has 0 fully saturated rings. The van der Waals surface area contributed by atoms with E-state index in [1.807, 2.05) is 24.3 Å². The number of furan rings is 1. The number of hydrogen-bond acceptors (Lipinski definition) is 6. The van der Waals surface area contributed by atoms with E-state index < -0.39 is 9.84 Å². The smallest absolute Gasteiger partial charge is 0.193 e. The molecule has 8 heteroatoms. The molecule has 0 aliphatic heterocycles. The molecule has 2 aromatic heterocycles. The van der Waals surface area contributed by atoms with E-state index >= 15 is 0 Å². The molecular weight excluding hydrogens is 429 g/mol. The van der Waals surface area contributed by atoms with Crippen LogP contribution in [0, 0.1) is 3.70 Å². The Labute approximate surface area is 147 Å². The monoisotopic (exact) mass is 443 g/mol. The van der Waals surface area contributed by atoms with E-state index in [-0.39, 0.29) is 5.75 Å². The van der Waals surface area contributed by atoms with Crippen molar-refractivity contribution >= 4 is 49.2 Å². The summed E-state index contributed by atoms with van der Waals surface area (Å²) in [5.41, 5.74) is 1.80. The molecule has 0 aliphatic rings. The number of rotatable bonds is 5. The van der Waals surface area contributed by atoms with E-state index in [0.717, 1.165) is 20.2 Å². The molecule has 0 spiro atoms. The van der Waals surface area contributed by atoms with Gasteiger partial charge >= 0.3 is 0 Å². The third kappa shape index (κ3) is 3.99. The van der Waals surface area contributed by atoms with Gasteiger partial charge in [-0.3, -0.25) is 0 Å². The van der Waals surface area contributed by atoms with E-state index in [1.54, 1.807) is 12.4 Å². The zero-order valence-electron chi connectivity index (χ0n) is 12.3. The van der Waals surface area contributed by atoms with Gasteiger partial charge in [0.25, 0.3) is 0 Å². The van der Waals surface area contributed by atoms with Crippen LogP contribution in [0.15, 0.2) is 41.1 Å². The molecule has 0 radical (unpaired) electrons. The first-order valence-electron chi connectivity index (χ1n) is 6.84. The summed E-state index contributed by atoms with van der Waals surface area (Å²) < 4.78 is 28.8. The van der Waals surface area contributed by atoms with Crippen molar-refractivity contribution in [3.63, 3.8) is 0 Å². The summed E-state index contributed by atoms with van der Waals surface area (Å²) in [6.07, 6.45) is 2.75. The van der Waals surface area contributed by atoms with Gasteiger partial charge in [0, 0.05) is 29.8 Å². The van der Waals surface area contributed by atoms with Crippen molar-refractivity contribution in [1.29, 1.82) is 0 Å². The maximum absolute atomic E-state index is 11.1. The maximum Gasteiger partial charge on any atom is 0.193 e. The van der Waals surface area contributed by atoms with Crippen molar-refractivity contribution in [3.05, 3.63) is 40.4 Å². The van der Waals surface area contributed by atoms with Crippen LogP contribution < -0.4 is 5.32 Å². The Kier molecular flexibility index (Phi) is 4.53. The lowest BCUT2D eigenvalue weighted by atomic mass is 10.1. The lowest BCUT2D eigenvalue weighted by Gasteiger charge is -2.03. The number of fused-ring (bicyclic) bond motifs is 1. The van der Waals surface area contributed by atoms with Gasteiger partial charge in [-0.1, -0.05) is 0 Å². The highest BCUT2D eigenvalue weighted by Gasteiger charge is 2.08. The Morgan fingerprint density at radius 1 is 1.22 bits per heavy atom. The summed E-state index contributed by atoms with van der Waals surface area (Å²) >= 11 is 2.17. The molecule has 1 aromatic carbocycles. The number of halogens is 1. The van der Waals surface area contributed by atoms with Crippen LogP contribution in [0.3, 0.4) is 0 Å². The molecule has 0 bridgehead atoms. The second kappa shape index (κ2) is 6.44. The first kappa shape index (κ1) is 16.2. The number of benzene rings is 1. The molecular formula is C15H14IN3O3S. The number of anilines is 1. The first-order valence-corrected chi connectivity index (χ1v) is 9.98. The van der Waals surface area contributed by atoms with Gasteiger partial charge in [0.15, 0.2) is 5.88 Å². The summed E-state index contributed by atoms with van der Waals surface area (Å²) in [5.74, 6) is 1.31. The molecule has 1 N–H and O–H groups in total. The lowest BCUT2D eigenvalue weighted by Crippen LogP contribution is -2.13. The minimum Gasteiger partial charge on any atom is -0.441 e. The highest BCUT2D eigenvalue weighted by Crippen LogP contribution is 2.28. The van der Waals surface area contributed by atoms with Crippen LogP contribution in [0.4, 0.5) is 5.88 Å². The van der Waals surface area contributed by atoms with Crippen LogP contribution in [-0.4, -0.2) is 36.9 Å². The Balaban J connectivity index is 1.81. The van der Waals surface area contributed by atoms with E-state index in [0.29, 0.717) is 18.2 Å². The van der Waals surface area contributed by atoms with Gasteiger partial charge in [-0.2, -0.15) is 0 Å². The van der Waals surface area contributed by atoms with Crippen molar-refractivity contribution in [2.24, 2.45) is 0 Å². The zero-order chi connectivity index (χ0) is 16.4. The third-order valence-electron chi connectivity index (χ3n) is 3.25. The fourth-order valence-corrected chi connectivity index (χ4v) is 3.16. The maximum atomic E-state index is 11.1. The summed E-state index contributed by atoms with van der Waals surface area (Å²) in [5, 5.41) is 3.93. The minimum atomic E-state index is -2.99. The van der Waals surface area contributed by atoms with Gasteiger partial charge in [-0.05, 0) is 46.9 Å². The van der Waals surface area contributed by atoms with E-state index in [1.165, 1.54) is 6.26 Å². The van der Waals surface area contributed by atoms with Gasteiger partial charge in [0.1, 0.15) is 25.6 Å². The van der Waals surface area contributed by atoms with E-state index in [2.05, 4.69) is 37.9 Å². The second-order valence-electron chi connectivity index (χ2n) is 5.12. The molecule has 3 rings (SSSR count). The molecule has 0 saturated carbocycles. The van der Waals surface area contributed by atoms with Crippen LogP contribution in [0.2, 0.25) is 0 Å². The predicted molar refractivity (Wildman–Crippen MR) is 98.2 cm³/mol. The molecule has 0 aliphatic carbocycles. The van der Waals surface area contributed by atoms with E-state index in [9.17, 15) is 8.42 Å². The van der Waals surface area contributed by atoms with Crippen molar-refractivity contribution < 1.29 is 12.8 Å². The molecule has 0 unspecified atom stereocenters. The zero-order valence-corrected chi connectivity index (χ0v) is 15.3. The molecule has 0 atom stereocenters. The van der Waals surface area contributed by atoms with Crippen molar-refractivity contribution in [2.45, 2.75) is 0 Å². The summed E-state index contributed by atoms with van der Waals surface area (Å²) in [4.78, 5) is 8.42. The molecule has 0 amide bonds. The van der Waals surface area contributed by atoms with Crippen molar-refractivity contribution in [2.75, 3.05) is 23.9 Å². The number of nitrogens with one attached hydrogen (secondary N) is 1. The van der Waals surface area contributed by atoms with E-state index in [4.69, 9.17) is 4.42 Å². The molecule has 2 heterocycles.